The van der Waals surface area contributed by atoms with Crippen molar-refractivity contribution in [2.75, 3.05) is 17.2 Å². The van der Waals surface area contributed by atoms with E-state index in [1.807, 2.05) is 49.4 Å². The standard InChI is InChI=1S/C17H15N3O3/c1-10(17-20-12-4-2-3-5-14(12)23-17)18-11-6-7-13-15(8-11)22-9-16(21)19-13/h2-8,10,18H,9H2,1H3,(H,19,21)/t10-/m1/s1. The molecule has 1 atom stereocenters. The first-order valence-electron chi connectivity index (χ1n) is 7.38. The van der Waals surface area contributed by atoms with Gasteiger partial charge in [0.15, 0.2) is 12.2 Å². The number of carbonyl (C=O) groups is 1. The van der Waals surface area contributed by atoms with Gasteiger partial charge >= 0.3 is 0 Å². The highest BCUT2D eigenvalue weighted by Gasteiger charge is 2.18. The summed E-state index contributed by atoms with van der Waals surface area (Å²) in [6.45, 7) is 2.02. The Morgan fingerprint density at radius 1 is 1.26 bits per heavy atom. The van der Waals surface area contributed by atoms with Crippen LogP contribution in [0.5, 0.6) is 5.75 Å². The molecule has 1 aliphatic heterocycles. The zero-order chi connectivity index (χ0) is 15.8. The Morgan fingerprint density at radius 2 is 2.13 bits per heavy atom. The Labute approximate surface area is 132 Å². The number of nitrogens with zero attached hydrogens (tertiary/aromatic N) is 1. The SMILES string of the molecule is C[C@@H](Nc1ccc2c(c1)OCC(=O)N2)c1nc2ccccc2o1. The second-order valence-corrected chi connectivity index (χ2v) is 5.43. The topological polar surface area (TPSA) is 76.4 Å². The van der Waals surface area contributed by atoms with Crippen molar-refractivity contribution in [3.63, 3.8) is 0 Å². The van der Waals surface area contributed by atoms with Crippen LogP contribution in [0.15, 0.2) is 46.9 Å². The number of oxazole rings is 1. The summed E-state index contributed by atoms with van der Waals surface area (Å²) in [5, 5.41) is 6.10. The van der Waals surface area contributed by atoms with Crippen molar-refractivity contribution in [2.45, 2.75) is 13.0 Å². The molecule has 2 aromatic carbocycles. The molecular weight excluding hydrogens is 294 g/mol. The smallest absolute Gasteiger partial charge is 0.262 e. The number of nitrogens with one attached hydrogen (secondary N) is 2. The maximum atomic E-state index is 11.3. The van der Waals surface area contributed by atoms with E-state index in [9.17, 15) is 4.79 Å². The van der Waals surface area contributed by atoms with Crippen LogP contribution in [0.25, 0.3) is 11.1 Å². The minimum Gasteiger partial charge on any atom is -0.482 e. The van der Waals surface area contributed by atoms with Gasteiger partial charge in [-0.3, -0.25) is 4.79 Å². The Balaban J connectivity index is 1.56. The maximum Gasteiger partial charge on any atom is 0.262 e. The van der Waals surface area contributed by atoms with Gasteiger partial charge in [-0.05, 0) is 31.2 Å². The molecule has 2 heterocycles. The summed E-state index contributed by atoms with van der Waals surface area (Å²) in [5.74, 6) is 1.13. The van der Waals surface area contributed by atoms with Crippen LogP contribution in [0, 0.1) is 0 Å². The number of hydrogen-bond donors (Lipinski definition) is 2. The number of carbonyl (C=O) groups excluding carboxylic acids is 1. The molecule has 1 aromatic heterocycles. The van der Waals surface area contributed by atoms with Gasteiger partial charge in [0.1, 0.15) is 17.3 Å². The van der Waals surface area contributed by atoms with E-state index in [4.69, 9.17) is 9.15 Å². The summed E-state index contributed by atoms with van der Waals surface area (Å²) < 4.78 is 11.2. The van der Waals surface area contributed by atoms with Crippen LogP contribution in [0.4, 0.5) is 11.4 Å². The molecule has 0 bridgehead atoms. The molecule has 0 fully saturated rings. The lowest BCUT2D eigenvalue weighted by molar-refractivity contribution is -0.118. The van der Waals surface area contributed by atoms with Crippen LogP contribution in [-0.4, -0.2) is 17.5 Å². The molecule has 0 saturated heterocycles. The summed E-state index contributed by atoms with van der Waals surface area (Å²) in [6.07, 6.45) is 0. The number of rotatable bonds is 3. The van der Waals surface area contributed by atoms with Crippen LogP contribution in [0.1, 0.15) is 18.9 Å². The lowest BCUT2D eigenvalue weighted by atomic mass is 10.2. The number of amides is 1. The Bertz CT molecular complexity index is 855. The zero-order valence-corrected chi connectivity index (χ0v) is 12.5. The van der Waals surface area contributed by atoms with Crippen molar-refractivity contribution >= 4 is 28.4 Å². The molecule has 6 heteroatoms. The van der Waals surface area contributed by atoms with E-state index >= 15 is 0 Å². The largest absolute Gasteiger partial charge is 0.482 e. The number of fused-ring (bicyclic) bond motifs is 2. The van der Waals surface area contributed by atoms with Crippen LogP contribution in [-0.2, 0) is 4.79 Å². The van der Waals surface area contributed by atoms with Gasteiger partial charge in [0.2, 0.25) is 5.89 Å². The minimum atomic E-state index is -0.141. The molecule has 1 amide bonds. The van der Waals surface area contributed by atoms with E-state index in [2.05, 4.69) is 15.6 Å². The van der Waals surface area contributed by atoms with Crippen molar-refractivity contribution in [1.29, 1.82) is 0 Å². The fourth-order valence-electron chi connectivity index (χ4n) is 2.55. The Kier molecular flexibility index (Phi) is 3.15. The fraction of sp³-hybridized carbons (Fsp3) is 0.176. The van der Waals surface area contributed by atoms with Gasteiger partial charge in [0.05, 0.1) is 5.69 Å². The number of aromatic nitrogens is 1. The van der Waals surface area contributed by atoms with Crippen molar-refractivity contribution < 1.29 is 13.9 Å². The highest BCUT2D eigenvalue weighted by atomic mass is 16.5. The number of anilines is 2. The second-order valence-electron chi connectivity index (χ2n) is 5.43. The maximum absolute atomic E-state index is 11.3. The van der Waals surface area contributed by atoms with Crippen LogP contribution in [0.3, 0.4) is 0 Å². The van der Waals surface area contributed by atoms with Crippen LogP contribution >= 0.6 is 0 Å². The average Bonchev–Trinajstić information content (AvgIpc) is 2.99. The van der Waals surface area contributed by atoms with Gasteiger partial charge in [-0.1, -0.05) is 12.1 Å². The van der Waals surface area contributed by atoms with E-state index in [1.54, 1.807) is 0 Å². The first-order chi connectivity index (χ1) is 11.2. The molecule has 0 aliphatic carbocycles. The molecular formula is C17H15N3O3. The first kappa shape index (κ1) is 13.6. The van der Waals surface area contributed by atoms with E-state index in [1.165, 1.54) is 0 Å². The van der Waals surface area contributed by atoms with Gasteiger partial charge in [0, 0.05) is 11.8 Å². The van der Waals surface area contributed by atoms with E-state index in [0.717, 1.165) is 16.8 Å². The van der Waals surface area contributed by atoms with Crippen molar-refractivity contribution in [1.82, 2.24) is 4.98 Å². The zero-order valence-electron chi connectivity index (χ0n) is 12.5. The van der Waals surface area contributed by atoms with E-state index < -0.39 is 0 Å². The average molecular weight is 309 g/mol. The van der Waals surface area contributed by atoms with Crippen molar-refractivity contribution in [2.24, 2.45) is 0 Å². The molecule has 3 aromatic rings. The summed E-state index contributed by atoms with van der Waals surface area (Å²) in [4.78, 5) is 15.8. The molecule has 2 N–H and O–H groups in total. The predicted molar refractivity (Wildman–Crippen MR) is 86.6 cm³/mol. The molecule has 23 heavy (non-hydrogen) atoms. The molecule has 6 nitrogen and oxygen atoms in total. The third kappa shape index (κ3) is 2.59. The number of benzene rings is 2. The number of para-hydroxylation sites is 2. The highest BCUT2D eigenvalue weighted by Crippen LogP contribution is 2.32. The molecule has 0 saturated carbocycles. The summed E-state index contributed by atoms with van der Waals surface area (Å²) in [6, 6.07) is 13.1. The van der Waals surface area contributed by atoms with E-state index in [0.29, 0.717) is 17.3 Å². The molecule has 116 valence electrons. The normalized spacial score (nSPS) is 14.7. The Hall–Kier alpha value is -3.02. The Morgan fingerprint density at radius 3 is 3.00 bits per heavy atom. The molecule has 1 aliphatic rings. The molecule has 0 radical (unpaired) electrons. The second kappa shape index (κ2) is 5.31. The van der Waals surface area contributed by atoms with Gasteiger partial charge in [0.25, 0.3) is 5.91 Å². The lowest BCUT2D eigenvalue weighted by Crippen LogP contribution is -2.25. The van der Waals surface area contributed by atoms with Crippen molar-refractivity contribution in [3.05, 3.63) is 48.4 Å². The molecule has 0 spiro atoms. The third-order valence-corrected chi connectivity index (χ3v) is 3.68. The molecule has 0 unspecified atom stereocenters. The highest BCUT2D eigenvalue weighted by molar-refractivity contribution is 5.95. The van der Waals surface area contributed by atoms with Crippen molar-refractivity contribution in [3.8, 4) is 5.75 Å². The first-order valence-corrected chi connectivity index (χ1v) is 7.38. The van der Waals surface area contributed by atoms with Crippen LogP contribution < -0.4 is 15.4 Å². The summed E-state index contributed by atoms with van der Waals surface area (Å²) >= 11 is 0. The summed E-state index contributed by atoms with van der Waals surface area (Å²) in [7, 11) is 0. The number of hydrogen-bond acceptors (Lipinski definition) is 5. The fourth-order valence-corrected chi connectivity index (χ4v) is 2.55. The summed E-state index contributed by atoms with van der Waals surface area (Å²) in [5.41, 5.74) is 3.16. The van der Waals surface area contributed by atoms with Gasteiger partial charge in [-0.25, -0.2) is 4.98 Å². The number of ether oxygens (including phenoxy) is 1. The van der Waals surface area contributed by atoms with Gasteiger partial charge in [-0.15, -0.1) is 0 Å². The van der Waals surface area contributed by atoms with Gasteiger partial charge < -0.3 is 19.8 Å². The molecule has 4 rings (SSSR count). The monoisotopic (exact) mass is 309 g/mol. The third-order valence-electron chi connectivity index (χ3n) is 3.68. The van der Waals surface area contributed by atoms with Crippen LogP contribution in [0.2, 0.25) is 0 Å². The van der Waals surface area contributed by atoms with E-state index in [-0.39, 0.29) is 18.6 Å². The van der Waals surface area contributed by atoms with Gasteiger partial charge in [-0.2, -0.15) is 0 Å². The lowest BCUT2D eigenvalue weighted by Gasteiger charge is -2.19. The minimum absolute atomic E-state index is 0.0388. The quantitative estimate of drug-likeness (QED) is 0.776. The predicted octanol–water partition coefficient (Wildman–Crippen LogP) is 3.33.